The fraction of sp³-hybridized carbons (Fsp3) is 0.0476. The van der Waals surface area contributed by atoms with Crippen LogP contribution in [0.25, 0.3) is 0 Å². The summed E-state index contributed by atoms with van der Waals surface area (Å²) in [7, 11) is 0. The highest BCUT2D eigenvalue weighted by Gasteiger charge is 2.07. The lowest BCUT2D eigenvalue weighted by Crippen LogP contribution is -2.18. The second-order valence-corrected chi connectivity index (χ2v) is 5.77. The largest absolute Gasteiger partial charge is 0.489 e. The average Bonchev–Trinajstić information content (AvgIpc) is 2.68. The minimum absolute atomic E-state index is 0.281. The number of amides is 1. The predicted octanol–water partition coefficient (Wildman–Crippen LogP) is 3.75. The van der Waals surface area contributed by atoms with Crippen LogP contribution in [0.15, 0.2) is 77.9 Å². The molecule has 27 heavy (non-hydrogen) atoms. The molecule has 0 aliphatic carbocycles. The maximum absolute atomic E-state index is 12.9. The highest BCUT2D eigenvalue weighted by Crippen LogP contribution is 2.15. The normalized spacial score (nSPS) is 10.7. The Balaban J connectivity index is 1.58. The Kier molecular flexibility index (Phi) is 5.79. The average molecular weight is 363 g/mol. The number of carbonyl (C=O) groups is 1. The van der Waals surface area contributed by atoms with Crippen molar-refractivity contribution in [1.29, 1.82) is 0 Å². The van der Waals surface area contributed by atoms with Crippen LogP contribution >= 0.6 is 0 Å². The van der Waals surface area contributed by atoms with Gasteiger partial charge in [0.1, 0.15) is 18.2 Å². The van der Waals surface area contributed by atoms with Gasteiger partial charge in [-0.05, 0) is 47.5 Å². The van der Waals surface area contributed by atoms with Crippen LogP contribution in [-0.2, 0) is 6.61 Å². The van der Waals surface area contributed by atoms with Crippen molar-refractivity contribution in [3.05, 3.63) is 95.3 Å². The molecule has 0 aliphatic rings. The minimum Gasteiger partial charge on any atom is -0.489 e. The van der Waals surface area contributed by atoms with Crippen LogP contribution in [0, 0.1) is 5.82 Å². The third-order valence-electron chi connectivity index (χ3n) is 3.76. The zero-order valence-electron chi connectivity index (χ0n) is 14.4. The molecule has 6 heteroatoms. The summed E-state index contributed by atoms with van der Waals surface area (Å²) in [6, 6.07) is 20.1. The molecule has 3 N–H and O–H groups in total. The molecular weight excluding hydrogens is 345 g/mol. The fourth-order valence-electron chi connectivity index (χ4n) is 2.36. The molecular formula is C21H18FN3O2. The smallest absolute Gasteiger partial charge is 0.273 e. The van der Waals surface area contributed by atoms with Gasteiger partial charge in [0.15, 0.2) is 0 Å². The minimum atomic E-state index is -0.381. The number of benzene rings is 3. The number of nitrogen functional groups attached to an aromatic ring is 1. The number of ether oxygens (including phenoxy) is 1. The van der Waals surface area contributed by atoms with Crippen LogP contribution in [0.3, 0.4) is 0 Å². The molecule has 0 atom stereocenters. The lowest BCUT2D eigenvalue weighted by molar-refractivity contribution is 0.0956. The van der Waals surface area contributed by atoms with E-state index < -0.39 is 0 Å². The SMILES string of the molecule is Nc1ccccc1C(=O)N/N=C/c1cccc(OCc2ccc(F)cc2)c1. The second-order valence-electron chi connectivity index (χ2n) is 5.77. The van der Waals surface area contributed by atoms with E-state index in [1.807, 2.05) is 18.2 Å². The van der Waals surface area contributed by atoms with E-state index in [-0.39, 0.29) is 11.7 Å². The number of anilines is 1. The Morgan fingerprint density at radius 3 is 2.63 bits per heavy atom. The molecule has 5 nitrogen and oxygen atoms in total. The van der Waals surface area contributed by atoms with E-state index in [1.165, 1.54) is 18.3 Å². The first-order valence-electron chi connectivity index (χ1n) is 8.27. The number of hydrogen-bond acceptors (Lipinski definition) is 4. The summed E-state index contributed by atoms with van der Waals surface area (Å²) in [5, 5.41) is 3.95. The summed E-state index contributed by atoms with van der Waals surface area (Å²) in [6.07, 6.45) is 1.52. The first-order valence-corrected chi connectivity index (χ1v) is 8.27. The molecule has 0 spiro atoms. The Labute approximate surface area is 156 Å². The van der Waals surface area contributed by atoms with Crippen molar-refractivity contribution >= 4 is 17.8 Å². The number of rotatable bonds is 6. The van der Waals surface area contributed by atoms with E-state index in [4.69, 9.17) is 10.5 Å². The maximum Gasteiger partial charge on any atom is 0.273 e. The standard InChI is InChI=1S/C21H18FN3O2/c22-17-10-8-15(9-11-17)14-27-18-5-3-4-16(12-18)13-24-25-21(26)19-6-1-2-7-20(19)23/h1-13H,14,23H2,(H,25,26)/b24-13+. The van der Waals surface area contributed by atoms with Crippen molar-refractivity contribution in [1.82, 2.24) is 5.43 Å². The maximum atomic E-state index is 12.9. The van der Waals surface area contributed by atoms with Gasteiger partial charge in [0.2, 0.25) is 0 Å². The summed E-state index contributed by atoms with van der Waals surface area (Å²) < 4.78 is 18.6. The molecule has 3 aromatic rings. The highest BCUT2D eigenvalue weighted by atomic mass is 19.1. The van der Waals surface area contributed by atoms with Gasteiger partial charge in [-0.2, -0.15) is 5.10 Å². The van der Waals surface area contributed by atoms with E-state index in [0.717, 1.165) is 11.1 Å². The zero-order valence-corrected chi connectivity index (χ0v) is 14.4. The summed E-state index contributed by atoms with van der Waals surface area (Å²) >= 11 is 0. The number of halogens is 1. The van der Waals surface area contributed by atoms with Crippen molar-refractivity contribution in [3.8, 4) is 5.75 Å². The van der Waals surface area contributed by atoms with Crippen LogP contribution in [-0.4, -0.2) is 12.1 Å². The lowest BCUT2D eigenvalue weighted by Gasteiger charge is -2.07. The first kappa shape index (κ1) is 18.1. The third-order valence-corrected chi connectivity index (χ3v) is 3.76. The monoisotopic (exact) mass is 363 g/mol. The van der Waals surface area contributed by atoms with Crippen LogP contribution in [0.2, 0.25) is 0 Å². The summed E-state index contributed by atoms with van der Waals surface area (Å²) in [5.41, 5.74) is 10.6. The van der Waals surface area contributed by atoms with E-state index >= 15 is 0 Å². The van der Waals surface area contributed by atoms with Crippen molar-refractivity contribution in [3.63, 3.8) is 0 Å². The Morgan fingerprint density at radius 1 is 1.07 bits per heavy atom. The molecule has 0 heterocycles. The molecule has 3 aromatic carbocycles. The van der Waals surface area contributed by atoms with Gasteiger partial charge in [0, 0.05) is 5.69 Å². The lowest BCUT2D eigenvalue weighted by atomic mass is 10.2. The third kappa shape index (κ3) is 5.15. The van der Waals surface area contributed by atoms with Gasteiger partial charge in [-0.25, -0.2) is 9.82 Å². The van der Waals surface area contributed by atoms with E-state index in [2.05, 4.69) is 10.5 Å². The fourth-order valence-corrected chi connectivity index (χ4v) is 2.36. The number of nitrogens with one attached hydrogen (secondary N) is 1. The molecule has 0 saturated carbocycles. The van der Waals surface area contributed by atoms with E-state index in [9.17, 15) is 9.18 Å². The Morgan fingerprint density at radius 2 is 1.85 bits per heavy atom. The van der Waals surface area contributed by atoms with Crippen molar-refractivity contribution in [2.24, 2.45) is 5.10 Å². The molecule has 136 valence electrons. The molecule has 0 fully saturated rings. The number of hydrazone groups is 1. The van der Waals surface area contributed by atoms with Crippen LogP contribution in [0.5, 0.6) is 5.75 Å². The van der Waals surface area contributed by atoms with Crippen LogP contribution < -0.4 is 15.9 Å². The van der Waals surface area contributed by atoms with Gasteiger partial charge >= 0.3 is 0 Å². The number of carbonyl (C=O) groups excluding carboxylic acids is 1. The number of para-hydroxylation sites is 1. The quantitative estimate of drug-likeness (QED) is 0.398. The molecule has 0 radical (unpaired) electrons. The molecule has 1 amide bonds. The van der Waals surface area contributed by atoms with Gasteiger partial charge in [-0.1, -0.05) is 36.4 Å². The summed E-state index contributed by atoms with van der Waals surface area (Å²) in [6.45, 7) is 0.324. The number of nitrogens with two attached hydrogens (primary N) is 1. The Hall–Kier alpha value is -3.67. The Bertz CT molecular complexity index is 956. The topological polar surface area (TPSA) is 76.7 Å². The van der Waals surface area contributed by atoms with Crippen molar-refractivity contribution < 1.29 is 13.9 Å². The van der Waals surface area contributed by atoms with Gasteiger partial charge in [-0.3, -0.25) is 4.79 Å². The van der Waals surface area contributed by atoms with Crippen molar-refractivity contribution in [2.45, 2.75) is 6.61 Å². The second kappa shape index (κ2) is 8.62. The number of nitrogens with zero attached hydrogens (tertiary/aromatic N) is 1. The van der Waals surface area contributed by atoms with Crippen LogP contribution in [0.1, 0.15) is 21.5 Å². The molecule has 0 unspecified atom stereocenters. The van der Waals surface area contributed by atoms with E-state index in [0.29, 0.717) is 23.6 Å². The summed E-state index contributed by atoms with van der Waals surface area (Å²) in [5.74, 6) is -0.0220. The highest BCUT2D eigenvalue weighted by molar-refractivity contribution is 5.99. The van der Waals surface area contributed by atoms with Gasteiger partial charge in [-0.15, -0.1) is 0 Å². The van der Waals surface area contributed by atoms with Gasteiger partial charge in [0.25, 0.3) is 5.91 Å². The molecule has 0 bridgehead atoms. The number of hydrogen-bond donors (Lipinski definition) is 2. The van der Waals surface area contributed by atoms with E-state index in [1.54, 1.807) is 42.5 Å². The van der Waals surface area contributed by atoms with Crippen LogP contribution in [0.4, 0.5) is 10.1 Å². The molecule has 0 saturated heterocycles. The molecule has 3 rings (SSSR count). The predicted molar refractivity (Wildman–Crippen MR) is 103 cm³/mol. The van der Waals surface area contributed by atoms with Crippen molar-refractivity contribution in [2.75, 3.05) is 5.73 Å². The zero-order chi connectivity index (χ0) is 19.1. The molecule has 0 aromatic heterocycles. The summed E-state index contributed by atoms with van der Waals surface area (Å²) in [4.78, 5) is 12.0. The van der Waals surface area contributed by atoms with Gasteiger partial charge < -0.3 is 10.5 Å². The van der Waals surface area contributed by atoms with Gasteiger partial charge in [0.05, 0.1) is 11.8 Å². The first-order chi connectivity index (χ1) is 13.1. The molecule has 0 aliphatic heterocycles.